The predicted molar refractivity (Wildman–Crippen MR) is 70.4 cm³/mol. The van der Waals surface area contributed by atoms with Crippen molar-refractivity contribution in [1.82, 2.24) is 0 Å². The van der Waals surface area contributed by atoms with Gasteiger partial charge in [-0.05, 0) is 18.6 Å². The Labute approximate surface area is 108 Å². The summed E-state index contributed by atoms with van der Waals surface area (Å²) in [7, 11) is 0. The van der Waals surface area contributed by atoms with Gasteiger partial charge in [0.25, 0.3) is 0 Å². The molecule has 18 heavy (non-hydrogen) atoms. The summed E-state index contributed by atoms with van der Waals surface area (Å²) in [5.74, 6) is -0.0324. The van der Waals surface area contributed by atoms with Crippen LogP contribution in [0.15, 0.2) is 24.3 Å². The van der Waals surface area contributed by atoms with Crippen molar-refractivity contribution in [2.24, 2.45) is 0 Å². The Morgan fingerprint density at radius 1 is 1.22 bits per heavy atom. The van der Waals surface area contributed by atoms with Gasteiger partial charge >= 0.3 is 0 Å². The first kappa shape index (κ1) is 14.4. The molecule has 96 valence electrons. The molecule has 0 aliphatic rings. The molecule has 1 aromatic carbocycles. The van der Waals surface area contributed by atoms with Crippen LogP contribution in [0.4, 0.5) is 0 Å². The Bertz CT molecular complexity index is 403. The van der Waals surface area contributed by atoms with Crippen LogP contribution < -0.4 is 0 Å². The monoisotopic (exact) mass is 245 g/mol. The van der Waals surface area contributed by atoms with Crippen LogP contribution in [0.3, 0.4) is 0 Å². The number of unbranched alkanes of at least 4 members (excludes halogenated alkanes) is 3. The highest BCUT2D eigenvalue weighted by Gasteiger charge is 2.05. The molecule has 0 aromatic heterocycles. The average Bonchev–Trinajstić information content (AvgIpc) is 2.42. The zero-order valence-electron chi connectivity index (χ0n) is 10.8. The minimum absolute atomic E-state index is 0.0324. The van der Waals surface area contributed by atoms with Gasteiger partial charge in [-0.1, -0.05) is 38.3 Å². The molecule has 1 rings (SSSR count). The lowest BCUT2D eigenvalue weighted by molar-refractivity contribution is 0.0752. The van der Waals surface area contributed by atoms with Crippen molar-refractivity contribution in [1.29, 1.82) is 5.26 Å². The molecule has 0 bridgehead atoms. The Hall–Kier alpha value is -1.66. The first-order valence-corrected chi connectivity index (χ1v) is 6.39. The van der Waals surface area contributed by atoms with Crippen LogP contribution in [-0.4, -0.2) is 19.0 Å². The van der Waals surface area contributed by atoms with E-state index in [1.807, 2.05) is 6.07 Å². The number of carbonyl (C=O) groups excluding carboxylic acids is 1. The number of nitriles is 1. The standard InChI is InChI=1S/C15H19NO2/c1-2-3-4-5-10-18-12-15(17)14-8-6-13(11-16)7-9-14/h6-9H,2-5,10,12H2,1H3. The summed E-state index contributed by atoms with van der Waals surface area (Å²) in [4.78, 5) is 11.7. The van der Waals surface area contributed by atoms with E-state index in [9.17, 15) is 4.79 Å². The van der Waals surface area contributed by atoms with E-state index in [1.54, 1.807) is 24.3 Å². The van der Waals surface area contributed by atoms with Crippen molar-refractivity contribution in [3.8, 4) is 6.07 Å². The van der Waals surface area contributed by atoms with Gasteiger partial charge in [-0.2, -0.15) is 5.26 Å². The molecule has 0 radical (unpaired) electrons. The second kappa shape index (κ2) is 8.43. The first-order chi connectivity index (χ1) is 8.77. The summed E-state index contributed by atoms with van der Waals surface area (Å²) in [5, 5.41) is 8.65. The highest BCUT2D eigenvalue weighted by molar-refractivity contribution is 5.97. The van der Waals surface area contributed by atoms with Crippen molar-refractivity contribution >= 4 is 5.78 Å². The Morgan fingerprint density at radius 2 is 1.94 bits per heavy atom. The van der Waals surface area contributed by atoms with Crippen molar-refractivity contribution < 1.29 is 9.53 Å². The molecule has 1 aromatic rings. The first-order valence-electron chi connectivity index (χ1n) is 6.39. The van der Waals surface area contributed by atoms with Gasteiger partial charge in [-0.15, -0.1) is 0 Å². The van der Waals surface area contributed by atoms with E-state index < -0.39 is 0 Å². The molecule has 0 aliphatic heterocycles. The minimum atomic E-state index is -0.0324. The molecule has 0 fully saturated rings. The third kappa shape index (κ3) is 5.11. The number of carbonyl (C=O) groups is 1. The van der Waals surface area contributed by atoms with Crippen LogP contribution in [0.5, 0.6) is 0 Å². The second-order valence-electron chi connectivity index (χ2n) is 4.23. The quantitative estimate of drug-likeness (QED) is 0.521. The van der Waals surface area contributed by atoms with Gasteiger partial charge in [0, 0.05) is 12.2 Å². The lowest BCUT2D eigenvalue weighted by Crippen LogP contribution is -2.09. The zero-order chi connectivity index (χ0) is 13.2. The van der Waals surface area contributed by atoms with E-state index in [2.05, 4.69) is 6.92 Å². The number of hydrogen-bond acceptors (Lipinski definition) is 3. The van der Waals surface area contributed by atoms with Gasteiger partial charge in [0.05, 0.1) is 11.6 Å². The summed E-state index contributed by atoms with van der Waals surface area (Å²) in [5.41, 5.74) is 1.16. The number of hydrogen-bond donors (Lipinski definition) is 0. The molecule has 0 spiro atoms. The van der Waals surface area contributed by atoms with Crippen LogP contribution in [0, 0.1) is 11.3 Å². The molecular formula is C15H19NO2. The van der Waals surface area contributed by atoms with Gasteiger partial charge in [0.2, 0.25) is 0 Å². The zero-order valence-corrected chi connectivity index (χ0v) is 10.8. The predicted octanol–water partition coefficient (Wildman–Crippen LogP) is 3.34. The lowest BCUT2D eigenvalue weighted by Gasteiger charge is -2.03. The molecule has 0 N–H and O–H groups in total. The third-order valence-corrected chi connectivity index (χ3v) is 2.71. The van der Waals surface area contributed by atoms with Crippen LogP contribution in [0.2, 0.25) is 0 Å². The number of Topliss-reactive ketones (excluding diaryl/α,β-unsaturated/α-hetero) is 1. The van der Waals surface area contributed by atoms with E-state index in [1.165, 1.54) is 12.8 Å². The van der Waals surface area contributed by atoms with Crippen molar-refractivity contribution in [2.75, 3.05) is 13.2 Å². The maximum atomic E-state index is 11.7. The average molecular weight is 245 g/mol. The highest BCUT2D eigenvalue weighted by atomic mass is 16.5. The Balaban J connectivity index is 2.26. The third-order valence-electron chi connectivity index (χ3n) is 2.71. The molecule has 0 atom stereocenters. The van der Waals surface area contributed by atoms with E-state index in [4.69, 9.17) is 10.00 Å². The van der Waals surface area contributed by atoms with Crippen LogP contribution in [-0.2, 0) is 4.74 Å². The van der Waals surface area contributed by atoms with Crippen LogP contribution in [0.25, 0.3) is 0 Å². The molecule has 3 heteroatoms. The van der Waals surface area contributed by atoms with Gasteiger partial charge in [0.1, 0.15) is 6.61 Å². The molecule has 3 nitrogen and oxygen atoms in total. The maximum absolute atomic E-state index is 11.7. The number of ether oxygens (including phenoxy) is 1. The van der Waals surface area contributed by atoms with Gasteiger partial charge in [-0.3, -0.25) is 4.79 Å². The normalized spacial score (nSPS) is 10.0. The molecular weight excluding hydrogens is 226 g/mol. The van der Waals surface area contributed by atoms with Crippen molar-refractivity contribution in [3.63, 3.8) is 0 Å². The van der Waals surface area contributed by atoms with Crippen LogP contribution in [0.1, 0.15) is 48.5 Å². The SMILES string of the molecule is CCCCCCOCC(=O)c1ccc(C#N)cc1. The summed E-state index contributed by atoms with van der Waals surface area (Å²) in [6, 6.07) is 8.65. The van der Waals surface area contributed by atoms with E-state index in [0.29, 0.717) is 17.7 Å². The number of nitrogens with zero attached hydrogens (tertiary/aromatic N) is 1. The summed E-state index contributed by atoms with van der Waals surface area (Å²) < 4.78 is 5.34. The molecule has 0 amide bonds. The Kier molecular flexibility index (Phi) is 6.75. The molecule has 0 heterocycles. The molecule has 0 saturated heterocycles. The Morgan fingerprint density at radius 3 is 2.56 bits per heavy atom. The largest absolute Gasteiger partial charge is 0.373 e. The second-order valence-corrected chi connectivity index (χ2v) is 4.23. The lowest BCUT2D eigenvalue weighted by atomic mass is 10.1. The fourth-order valence-electron chi connectivity index (χ4n) is 1.61. The number of benzene rings is 1. The molecule has 0 saturated carbocycles. The summed E-state index contributed by atoms with van der Waals surface area (Å²) in [6.07, 6.45) is 4.58. The van der Waals surface area contributed by atoms with Gasteiger partial charge in [0.15, 0.2) is 5.78 Å². The smallest absolute Gasteiger partial charge is 0.188 e. The van der Waals surface area contributed by atoms with Crippen LogP contribution >= 0.6 is 0 Å². The van der Waals surface area contributed by atoms with Gasteiger partial charge < -0.3 is 4.74 Å². The van der Waals surface area contributed by atoms with E-state index >= 15 is 0 Å². The molecule has 0 aliphatic carbocycles. The van der Waals surface area contributed by atoms with E-state index in [0.717, 1.165) is 12.8 Å². The highest BCUT2D eigenvalue weighted by Crippen LogP contribution is 2.05. The summed E-state index contributed by atoms with van der Waals surface area (Å²) >= 11 is 0. The van der Waals surface area contributed by atoms with Gasteiger partial charge in [-0.25, -0.2) is 0 Å². The van der Waals surface area contributed by atoms with Crippen molar-refractivity contribution in [2.45, 2.75) is 32.6 Å². The molecule has 0 unspecified atom stereocenters. The maximum Gasteiger partial charge on any atom is 0.188 e. The minimum Gasteiger partial charge on any atom is -0.373 e. The number of rotatable bonds is 8. The van der Waals surface area contributed by atoms with E-state index in [-0.39, 0.29) is 12.4 Å². The van der Waals surface area contributed by atoms with Crippen molar-refractivity contribution in [3.05, 3.63) is 35.4 Å². The summed E-state index contributed by atoms with van der Waals surface area (Å²) in [6.45, 7) is 2.93. The number of ketones is 1. The topological polar surface area (TPSA) is 50.1 Å². The fourth-order valence-corrected chi connectivity index (χ4v) is 1.61. The fraction of sp³-hybridized carbons (Fsp3) is 0.467.